The fraction of sp³-hybridized carbons (Fsp3) is 0.667. The van der Waals surface area contributed by atoms with Gasteiger partial charge in [0.2, 0.25) is 10.0 Å². The molecule has 1 aromatic rings. The fourth-order valence-electron chi connectivity index (χ4n) is 3.09. The van der Waals surface area contributed by atoms with Gasteiger partial charge in [-0.05, 0) is 69.7 Å². The third kappa shape index (κ3) is 6.25. The van der Waals surface area contributed by atoms with Gasteiger partial charge in [0.1, 0.15) is 0 Å². The second-order valence-corrected chi connectivity index (χ2v) is 9.52. The van der Waals surface area contributed by atoms with Crippen molar-refractivity contribution in [1.82, 2.24) is 10.0 Å². The smallest absolute Gasteiger partial charge is 0.312 e. The molecule has 0 aromatic heterocycles. The minimum absolute atomic E-state index is 0.00793. The van der Waals surface area contributed by atoms with Crippen molar-refractivity contribution < 1.29 is 21.6 Å². The van der Waals surface area contributed by atoms with Crippen molar-refractivity contribution in [1.29, 1.82) is 0 Å². The minimum Gasteiger partial charge on any atom is -0.312 e. The molecule has 2 N–H and O–H groups in total. The molecular formula is C18H27F3N2O2S. The third-order valence-corrected chi connectivity index (χ3v) is 6.74. The van der Waals surface area contributed by atoms with E-state index in [-0.39, 0.29) is 6.04 Å². The fourth-order valence-corrected chi connectivity index (χ4v) is 4.06. The van der Waals surface area contributed by atoms with Crippen molar-refractivity contribution in [2.24, 2.45) is 5.92 Å². The molecule has 4 nitrogen and oxygen atoms in total. The summed E-state index contributed by atoms with van der Waals surface area (Å²) in [6.45, 7) is 4.64. The van der Waals surface area contributed by atoms with Gasteiger partial charge in [0.25, 0.3) is 0 Å². The maximum Gasteiger partial charge on any atom is 0.416 e. The van der Waals surface area contributed by atoms with Crippen molar-refractivity contribution in [2.75, 3.05) is 6.54 Å². The Morgan fingerprint density at radius 3 is 2.15 bits per heavy atom. The van der Waals surface area contributed by atoms with Crippen LogP contribution in [0.1, 0.15) is 50.7 Å². The molecule has 2 rings (SSSR count). The Balaban J connectivity index is 1.70. The van der Waals surface area contributed by atoms with E-state index < -0.39 is 27.0 Å². The maximum atomic E-state index is 12.5. The number of hydrogen-bond donors (Lipinski definition) is 2. The number of alkyl halides is 3. The van der Waals surface area contributed by atoms with Crippen LogP contribution in [0.3, 0.4) is 0 Å². The van der Waals surface area contributed by atoms with Gasteiger partial charge in [-0.1, -0.05) is 12.1 Å². The molecule has 1 aliphatic carbocycles. The lowest BCUT2D eigenvalue weighted by Crippen LogP contribution is -2.41. The highest BCUT2D eigenvalue weighted by Gasteiger charge is 2.30. The lowest BCUT2D eigenvalue weighted by Gasteiger charge is -2.29. The monoisotopic (exact) mass is 392 g/mol. The first-order valence-electron chi connectivity index (χ1n) is 8.96. The highest BCUT2D eigenvalue weighted by Crippen LogP contribution is 2.29. The second-order valence-electron chi connectivity index (χ2n) is 7.25. The summed E-state index contributed by atoms with van der Waals surface area (Å²) in [6, 6.07) is 5.20. The summed E-state index contributed by atoms with van der Waals surface area (Å²) in [5.74, 6) is 0.462. The highest BCUT2D eigenvalue weighted by molar-refractivity contribution is 7.90. The summed E-state index contributed by atoms with van der Waals surface area (Å²) in [4.78, 5) is 0. The summed E-state index contributed by atoms with van der Waals surface area (Å²) in [6.07, 6.45) is -0.796. The quantitative estimate of drug-likeness (QED) is 0.744. The van der Waals surface area contributed by atoms with Crippen LogP contribution in [0, 0.1) is 5.92 Å². The summed E-state index contributed by atoms with van der Waals surface area (Å²) in [5, 5.41) is 2.87. The average Bonchev–Trinajstić information content (AvgIpc) is 2.56. The molecule has 0 aliphatic heterocycles. The first kappa shape index (κ1) is 21.2. The Bertz CT molecular complexity index is 665. The molecule has 8 heteroatoms. The zero-order valence-corrected chi connectivity index (χ0v) is 16.0. The zero-order chi connectivity index (χ0) is 19.4. The van der Waals surface area contributed by atoms with Crippen LogP contribution in [0.25, 0.3) is 0 Å². The van der Waals surface area contributed by atoms with E-state index in [0.29, 0.717) is 12.5 Å². The van der Waals surface area contributed by atoms with E-state index in [2.05, 4.69) is 10.0 Å². The van der Waals surface area contributed by atoms with Gasteiger partial charge >= 0.3 is 6.18 Å². The van der Waals surface area contributed by atoms with Crippen LogP contribution in [-0.4, -0.2) is 26.3 Å². The van der Waals surface area contributed by atoms with Crippen molar-refractivity contribution >= 4 is 10.0 Å². The maximum absolute atomic E-state index is 12.5. The molecule has 148 valence electrons. The predicted molar refractivity (Wildman–Crippen MR) is 96.1 cm³/mol. The van der Waals surface area contributed by atoms with Gasteiger partial charge in [-0.3, -0.25) is 0 Å². The van der Waals surface area contributed by atoms with E-state index in [9.17, 15) is 21.6 Å². The van der Waals surface area contributed by atoms with Gasteiger partial charge in [0.15, 0.2) is 0 Å². The standard InChI is InChI=1S/C18H27F3N2O2S/c1-13(2)26(24,25)23-17-9-5-15(6-10-17)12-22-11-14-3-7-16(8-4-14)18(19,20)21/h3-4,7-8,13,15,17,22-23H,5-6,9-12H2,1-2H3. The molecule has 0 radical (unpaired) electrons. The second kappa shape index (κ2) is 8.71. The molecule has 1 aromatic carbocycles. The predicted octanol–water partition coefficient (Wildman–Crippen LogP) is 3.68. The normalized spacial score (nSPS) is 21.9. The van der Waals surface area contributed by atoms with Crippen molar-refractivity contribution in [3.8, 4) is 0 Å². The Morgan fingerprint density at radius 1 is 1.08 bits per heavy atom. The molecule has 0 heterocycles. The molecule has 1 aliphatic rings. The molecule has 1 fully saturated rings. The van der Waals surface area contributed by atoms with Crippen molar-refractivity contribution in [3.63, 3.8) is 0 Å². The molecule has 0 bridgehead atoms. The topological polar surface area (TPSA) is 58.2 Å². The van der Waals surface area contributed by atoms with Crippen LogP contribution in [0.5, 0.6) is 0 Å². The largest absolute Gasteiger partial charge is 0.416 e. The number of rotatable bonds is 7. The summed E-state index contributed by atoms with van der Waals surface area (Å²) >= 11 is 0. The number of halogens is 3. The highest BCUT2D eigenvalue weighted by atomic mass is 32.2. The first-order chi connectivity index (χ1) is 12.1. The van der Waals surface area contributed by atoms with E-state index in [1.807, 2.05) is 0 Å². The lowest BCUT2D eigenvalue weighted by atomic mass is 9.86. The van der Waals surface area contributed by atoms with Gasteiger partial charge in [-0.15, -0.1) is 0 Å². The third-order valence-electron chi connectivity index (χ3n) is 4.84. The molecule has 0 amide bonds. The van der Waals surface area contributed by atoms with Crippen LogP contribution < -0.4 is 10.0 Å². The van der Waals surface area contributed by atoms with Gasteiger partial charge < -0.3 is 5.32 Å². The SMILES string of the molecule is CC(C)S(=O)(=O)NC1CCC(CNCc2ccc(C(F)(F)F)cc2)CC1. The van der Waals surface area contributed by atoms with E-state index in [1.165, 1.54) is 12.1 Å². The number of sulfonamides is 1. The molecule has 0 spiro atoms. The summed E-state index contributed by atoms with van der Waals surface area (Å²) in [5.41, 5.74) is 0.180. The van der Waals surface area contributed by atoms with Crippen LogP contribution in [0.2, 0.25) is 0 Å². The lowest BCUT2D eigenvalue weighted by molar-refractivity contribution is -0.137. The van der Waals surface area contributed by atoms with Crippen molar-refractivity contribution in [2.45, 2.75) is 63.5 Å². The van der Waals surface area contributed by atoms with Gasteiger partial charge in [0.05, 0.1) is 10.8 Å². The van der Waals surface area contributed by atoms with Crippen molar-refractivity contribution in [3.05, 3.63) is 35.4 Å². The summed E-state index contributed by atoms with van der Waals surface area (Å²) in [7, 11) is -3.23. The molecule has 1 saturated carbocycles. The molecule has 0 saturated heterocycles. The van der Waals surface area contributed by atoms with Gasteiger partial charge in [-0.2, -0.15) is 13.2 Å². The van der Waals surface area contributed by atoms with E-state index in [1.54, 1.807) is 13.8 Å². The zero-order valence-electron chi connectivity index (χ0n) is 15.1. The van der Waals surface area contributed by atoms with Crippen LogP contribution in [-0.2, 0) is 22.7 Å². The number of nitrogens with one attached hydrogen (secondary N) is 2. The van der Waals surface area contributed by atoms with Crippen LogP contribution in [0.15, 0.2) is 24.3 Å². The van der Waals surface area contributed by atoms with Gasteiger partial charge in [0, 0.05) is 12.6 Å². The summed E-state index contributed by atoms with van der Waals surface area (Å²) < 4.78 is 64.2. The molecule has 26 heavy (non-hydrogen) atoms. The number of benzene rings is 1. The van der Waals surface area contributed by atoms with E-state index >= 15 is 0 Å². The van der Waals surface area contributed by atoms with Gasteiger partial charge in [-0.25, -0.2) is 13.1 Å². The van der Waals surface area contributed by atoms with E-state index in [0.717, 1.165) is 49.9 Å². The Hall–Kier alpha value is -1.12. The first-order valence-corrected chi connectivity index (χ1v) is 10.5. The van der Waals surface area contributed by atoms with Crippen LogP contribution in [0.4, 0.5) is 13.2 Å². The average molecular weight is 392 g/mol. The Kier molecular flexibility index (Phi) is 7.10. The molecule has 0 atom stereocenters. The molecular weight excluding hydrogens is 365 g/mol. The Labute approximate surface area is 153 Å². The van der Waals surface area contributed by atoms with E-state index in [4.69, 9.17) is 0 Å². The van der Waals surface area contributed by atoms with Crippen LogP contribution >= 0.6 is 0 Å². The minimum atomic E-state index is -4.30. The molecule has 0 unspecified atom stereocenters. The number of hydrogen-bond acceptors (Lipinski definition) is 3. The Morgan fingerprint density at radius 2 is 1.65 bits per heavy atom.